The molecule has 1 fully saturated rings. The van der Waals surface area contributed by atoms with Gasteiger partial charge in [0.05, 0.1) is 16.1 Å². The number of hydrogen-bond acceptors (Lipinski definition) is 5. The van der Waals surface area contributed by atoms with E-state index in [1.807, 2.05) is 42.5 Å². The van der Waals surface area contributed by atoms with Crippen molar-refractivity contribution in [3.8, 4) is 11.1 Å². The molecule has 0 unspecified atom stereocenters. The van der Waals surface area contributed by atoms with Gasteiger partial charge in [0, 0.05) is 41.2 Å². The molecule has 2 aliphatic rings. The van der Waals surface area contributed by atoms with Crippen molar-refractivity contribution in [2.75, 3.05) is 13.1 Å². The van der Waals surface area contributed by atoms with Gasteiger partial charge in [-0.25, -0.2) is 4.79 Å². The largest absolute Gasteiger partial charge is 0.449 e. The molecule has 2 aliphatic heterocycles. The van der Waals surface area contributed by atoms with Gasteiger partial charge < -0.3 is 10.1 Å². The lowest BCUT2D eigenvalue weighted by atomic mass is 9.87. The topological polar surface area (TPSA) is 68.3 Å². The van der Waals surface area contributed by atoms with Gasteiger partial charge in [0.15, 0.2) is 11.4 Å². The first kappa shape index (κ1) is 20.1. The third kappa shape index (κ3) is 3.16. The SMILES string of the molecule is O=C(c1ccc(-c2ccc3cccnc3c2)cc1Cl)c1cccc2c1C(=O)O[C@]21CCNC1. The summed E-state index contributed by atoms with van der Waals surface area (Å²) in [6.45, 7) is 1.32. The van der Waals surface area contributed by atoms with Crippen molar-refractivity contribution < 1.29 is 14.3 Å². The zero-order chi connectivity index (χ0) is 22.6. The number of benzene rings is 3. The Labute approximate surface area is 195 Å². The van der Waals surface area contributed by atoms with Gasteiger partial charge >= 0.3 is 5.97 Å². The van der Waals surface area contributed by atoms with Crippen molar-refractivity contribution in [2.45, 2.75) is 12.0 Å². The Balaban J connectivity index is 1.38. The number of ether oxygens (including phenoxy) is 1. The van der Waals surface area contributed by atoms with Crippen LogP contribution < -0.4 is 5.32 Å². The highest BCUT2D eigenvalue weighted by molar-refractivity contribution is 6.35. The molecule has 1 N–H and O–H groups in total. The fourth-order valence-electron chi connectivity index (χ4n) is 4.88. The minimum atomic E-state index is -0.680. The summed E-state index contributed by atoms with van der Waals surface area (Å²) in [6, 6.07) is 20.6. The molecule has 1 atom stereocenters. The molecule has 1 saturated heterocycles. The number of nitrogens with one attached hydrogen (secondary N) is 1. The summed E-state index contributed by atoms with van der Waals surface area (Å²) in [7, 11) is 0. The Kier molecular flexibility index (Phi) is 4.57. The van der Waals surface area contributed by atoms with Crippen LogP contribution >= 0.6 is 11.6 Å². The molecular weight excluding hydrogens is 436 g/mol. The van der Waals surface area contributed by atoms with Crippen molar-refractivity contribution in [3.63, 3.8) is 0 Å². The van der Waals surface area contributed by atoms with Crippen molar-refractivity contribution in [1.29, 1.82) is 0 Å². The molecule has 1 aromatic heterocycles. The number of rotatable bonds is 3. The molecule has 0 bridgehead atoms. The Hall–Kier alpha value is -3.54. The molecule has 1 spiro atoms. The number of hydrogen-bond donors (Lipinski definition) is 1. The molecule has 0 saturated carbocycles. The average Bonchev–Trinajstić information content (AvgIpc) is 3.43. The molecule has 0 aliphatic carbocycles. The summed E-state index contributed by atoms with van der Waals surface area (Å²) in [5, 5.41) is 4.64. The fourth-order valence-corrected chi connectivity index (χ4v) is 5.15. The van der Waals surface area contributed by atoms with Crippen molar-refractivity contribution in [1.82, 2.24) is 10.3 Å². The third-order valence-corrected chi connectivity index (χ3v) is 6.87. The monoisotopic (exact) mass is 454 g/mol. The van der Waals surface area contributed by atoms with Crippen LogP contribution in [0.25, 0.3) is 22.0 Å². The minimum absolute atomic E-state index is 0.288. The Bertz CT molecular complexity index is 1460. The van der Waals surface area contributed by atoms with Crippen LogP contribution in [-0.4, -0.2) is 29.8 Å². The van der Waals surface area contributed by atoms with Gasteiger partial charge in [0.1, 0.15) is 0 Å². The van der Waals surface area contributed by atoms with Gasteiger partial charge in [-0.05, 0) is 41.9 Å². The molecule has 6 rings (SSSR count). The molecule has 5 nitrogen and oxygen atoms in total. The Morgan fingerprint density at radius 2 is 1.85 bits per heavy atom. The van der Waals surface area contributed by atoms with Gasteiger partial charge in [0.2, 0.25) is 0 Å². The molecule has 3 aromatic carbocycles. The summed E-state index contributed by atoms with van der Waals surface area (Å²) in [6.07, 6.45) is 2.45. The van der Waals surface area contributed by atoms with Crippen LogP contribution in [0.3, 0.4) is 0 Å². The minimum Gasteiger partial charge on any atom is -0.449 e. The molecule has 6 heteroatoms. The van der Waals surface area contributed by atoms with Crippen molar-refractivity contribution >= 4 is 34.3 Å². The number of pyridine rings is 1. The molecule has 3 heterocycles. The second-order valence-electron chi connectivity index (χ2n) is 8.47. The van der Waals surface area contributed by atoms with E-state index in [0.717, 1.165) is 34.1 Å². The van der Waals surface area contributed by atoms with Crippen molar-refractivity contribution in [3.05, 3.63) is 100 Å². The Morgan fingerprint density at radius 1 is 1.00 bits per heavy atom. The first-order chi connectivity index (χ1) is 16.1. The number of esters is 1. The summed E-state index contributed by atoms with van der Waals surface area (Å²) in [4.78, 5) is 30.7. The van der Waals surface area contributed by atoms with E-state index in [-0.39, 0.29) is 5.78 Å². The highest BCUT2D eigenvalue weighted by atomic mass is 35.5. The zero-order valence-corrected chi connectivity index (χ0v) is 18.4. The first-order valence-corrected chi connectivity index (χ1v) is 11.2. The van der Waals surface area contributed by atoms with E-state index < -0.39 is 11.6 Å². The summed E-state index contributed by atoms with van der Waals surface area (Å²) < 4.78 is 5.76. The maximum atomic E-state index is 13.5. The van der Waals surface area contributed by atoms with Crippen LogP contribution in [0.2, 0.25) is 5.02 Å². The van der Waals surface area contributed by atoms with Crippen LogP contribution in [-0.2, 0) is 10.3 Å². The van der Waals surface area contributed by atoms with Crippen LogP contribution in [0, 0.1) is 0 Å². The Morgan fingerprint density at radius 3 is 2.67 bits per heavy atom. The highest BCUT2D eigenvalue weighted by Crippen LogP contribution is 2.42. The number of ketones is 1. The fraction of sp³-hybridized carbons (Fsp3) is 0.148. The molecule has 162 valence electrons. The van der Waals surface area contributed by atoms with E-state index in [9.17, 15) is 9.59 Å². The number of nitrogens with zero attached hydrogens (tertiary/aromatic N) is 1. The second-order valence-corrected chi connectivity index (χ2v) is 8.88. The number of halogens is 1. The zero-order valence-electron chi connectivity index (χ0n) is 17.6. The first-order valence-electron chi connectivity index (χ1n) is 10.8. The number of aromatic nitrogens is 1. The van der Waals surface area contributed by atoms with Gasteiger partial charge in [-0.3, -0.25) is 9.78 Å². The van der Waals surface area contributed by atoms with Gasteiger partial charge in [-0.2, -0.15) is 0 Å². The van der Waals surface area contributed by atoms with E-state index in [1.54, 1.807) is 30.5 Å². The van der Waals surface area contributed by atoms with Gasteiger partial charge in [-0.15, -0.1) is 0 Å². The lowest BCUT2D eigenvalue weighted by Crippen LogP contribution is -2.28. The second kappa shape index (κ2) is 7.51. The summed E-state index contributed by atoms with van der Waals surface area (Å²) >= 11 is 6.59. The maximum Gasteiger partial charge on any atom is 0.340 e. The predicted molar refractivity (Wildman–Crippen MR) is 127 cm³/mol. The third-order valence-electron chi connectivity index (χ3n) is 6.56. The highest BCUT2D eigenvalue weighted by Gasteiger charge is 2.48. The summed E-state index contributed by atoms with van der Waals surface area (Å²) in [5.41, 5.74) is 3.86. The van der Waals surface area contributed by atoms with Crippen LogP contribution in [0.4, 0.5) is 0 Å². The standard InChI is InChI=1S/C27H19ClN2O3/c28-22-13-17(18-7-6-16-3-2-11-30-23(16)14-18)8-9-19(22)25(31)20-4-1-5-21-24(20)26(32)33-27(21)10-12-29-15-27/h1-9,11,13-14,29H,10,12,15H2/t27-/m0/s1. The molecule has 0 radical (unpaired) electrons. The molecule has 4 aromatic rings. The lowest BCUT2D eigenvalue weighted by Gasteiger charge is -2.21. The van der Waals surface area contributed by atoms with E-state index in [2.05, 4.69) is 10.3 Å². The van der Waals surface area contributed by atoms with Crippen molar-refractivity contribution in [2.24, 2.45) is 0 Å². The van der Waals surface area contributed by atoms with Crippen LogP contribution in [0.5, 0.6) is 0 Å². The summed E-state index contributed by atoms with van der Waals surface area (Å²) in [5.74, 6) is -0.738. The normalized spacial score (nSPS) is 19.1. The van der Waals surface area contributed by atoms with Crippen LogP contribution in [0.15, 0.2) is 72.9 Å². The smallest absolute Gasteiger partial charge is 0.340 e. The van der Waals surface area contributed by atoms with Gasteiger partial charge in [-0.1, -0.05) is 54.1 Å². The average molecular weight is 455 g/mol. The molecular formula is C27H19ClN2O3. The quantitative estimate of drug-likeness (QED) is 0.342. The lowest BCUT2D eigenvalue weighted by molar-refractivity contribution is 0.00159. The van der Waals surface area contributed by atoms with E-state index in [4.69, 9.17) is 16.3 Å². The number of fused-ring (bicyclic) bond motifs is 3. The predicted octanol–water partition coefficient (Wildman–Crippen LogP) is 5.15. The maximum absolute atomic E-state index is 13.5. The molecule has 33 heavy (non-hydrogen) atoms. The molecule has 0 amide bonds. The number of carbonyl (C=O) groups excluding carboxylic acids is 2. The van der Waals surface area contributed by atoms with E-state index in [0.29, 0.717) is 34.7 Å². The van der Waals surface area contributed by atoms with E-state index in [1.165, 1.54) is 0 Å². The van der Waals surface area contributed by atoms with Gasteiger partial charge in [0.25, 0.3) is 0 Å². The number of carbonyl (C=O) groups is 2. The van der Waals surface area contributed by atoms with E-state index >= 15 is 0 Å². The van der Waals surface area contributed by atoms with Crippen LogP contribution in [0.1, 0.15) is 38.3 Å².